The molecule has 0 aliphatic heterocycles. The van der Waals surface area contributed by atoms with Crippen LogP contribution in [-0.2, 0) is 6.54 Å². The van der Waals surface area contributed by atoms with Gasteiger partial charge in [-0.2, -0.15) is 4.98 Å². The van der Waals surface area contributed by atoms with Gasteiger partial charge in [-0.25, -0.2) is 0 Å². The SMILES string of the molecule is Cc1ccc(-c2noc(CNC(=O)c3ccc(-c4ccccc4)cc3)n2)cc1. The average molecular weight is 369 g/mol. The zero-order valence-corrected chi connectivity index (χ0v) is 15.4. The standard InChI is InChI=1S/C23H19N3O2/c1-16-7-9-19(10-8-16)22-25-21(28-26-22)15-24-23(27)20-13-11-18(12-14-20)17-5-3-2-4-6-17/h2-14H,15H2,1H3,(H,24,27). The van der Waals surface area contributed by atoms with Crippen LogP contribution in [0.25, 0.3) is 22.5 Å². The number of amides is 1. The third-order valence-corrected chi connectivity index (χ3v) is 4.43. The van der Waals surface area contributed by atoms with Gasteiger partial charge in [0.1, 0.15) is 0 Å². The number of nitrogens with one attached hydrogen (secondary N) is 1. The summed E-state index contributed by atoms with van der Waals surface area (Å²) < 4.78 is 5.24. The van der Waals surface area contributed by atoms with Crippen LogP contribution in [-0.4, -0.2) is 16.0 Å². The molecule has 1 amide bonds. The molecule has 0 aliphatic carbocycles. The van der Waals surface area contributed by atoms with E-state index in [1.165, 1.54) is 0 Å². The van der Waals surface area contributed by atoms with E-state index >= 15 is 0 Å². The zero-order chi connectivity index (χ0) is 19.3. The summed E-state index contributed by atoms with van der Waals surface area (Å²) in [7, 11) is 0. The average Bonchev–Trinajstić information content (AvgIpc) is 3.22. The summed E-state index contributed by atoms with van der Waals surface area (Å²) in [4.78, 5) is 16.7. The topological polar surface area (TPSA) is 68.0 Å². The Balaban J connectivity index is 1.39. The first-order valence-corrected chi connectivity index (χ1v) is 9.02. The fraction of sp³-hybridized carbons (Fsp3) is 0.0870. The number of aryl methyl sites for hydroxylation is 1. The smallest absolute Gasteiger partial charge is 0.251 e. The lowest BCUT2D eigenvalue weighted by molar-refractivity contribution is 0.0946. The largest absolute Gasteiger partial charge is 0.343 e. The molecule has 0 unspecified atom stereocenters. The fourth-order valence-electron chi connectivity index (χ4n) is 2.85. The minimum Gasteiger partial charge on any atom is -0.343 e. The number of benzene rings is 3. The number of nitrogens with zero attached hydrogens (tertiary/aromatic N) is 2. The third kappa shape index (κ3) is 3.99. The molecule has 0 aliphatic rings. The van der Waals surface area contributed by atoms with E-state index in [1.807, 2.05) is 85.8 Å². The second-order valence-electron chi connectivity index (χ2n) is 6.50. The summed E-state index contributed by atoms with van der Waals surface area (Å²) in [6, 6.07) is 25.4. The normalized spacial score (nSPS) is 10.6. The minimum atomic E-state index is -0.185. The van der Waals surface area contributed by atoms with Crippen molar-refractivity contribution in [2.24, 2.45) is 0 Å². The molecular formula is C23H19N3O2. The maximum Gasteiger partial charge on any atom is 0.251 e. The van der Waals surface area contributed by atoms with Gasteiger partial charge in [-0.05, 0) is 30.2 Å². The van der Waals surface area contributed by atoms with Crippen LogP contribution in [0.15, 0.2) is 83.4 Å². The second-order valence-corrected chi connectivity index (χ2v) is 6.50. The fourth-order valence-corrected chi connectivity index (χ4v) is 2.85. The second kappa shape index (κ2) is 7.88. The number of aromatic nitrogens is 2. The maximum atomic E-state index is 12.4. The molecular weight excluding hydrogens is 350 g/mol. The van der Waals surface area contributed by atoms with Crippen LogP contribution < -0.4 is 5.32 Å². The Labute approximate surface area is 163 Å². The van der Waals surface area contributed by atoms with E-state index in [0.717, 1.165) is 22.3 Å². The van der Waals surface area contributed by atoms with Gasteiger partial charge >= 0.3 is 0 Å². The Morgan fingerprint density at radius 3 is 2.21 bits per heavy atom. The number of hydrogen-bond acceptors (Lipinski definition) is 4. The highest BCUT2D eigenvalue weighted by atomic mass is 16.5. The van der Waals surface area contributed by atoms with E-state index in [-0.39, 0.29) is 12.5 Å². The van der Waals surface area contributed by atoms with Gasteiger partial charge in [0.15, 0.2) is 0 Å². The summed E-state index contributed by atoms with van der Waals surface area (Å²) >= 11 is 0. The first kappa shape index (κ1) is 17.7. The molecule has 138 valence electrons. The number of carbonyl (C=O) groups excluding carboxylic acids is 1. The Kier molecular flexibility index (Phi) is 4.97. The molecule has 5 nitrogen and oxygen atoms in total. The summed E-state index contributed by atoms with van der Waals surface area (Å²) in [5.74, 6) is 0.691. The van der Waals surface area contributed by atoms with E-state index in [1.54, 1.807) is 0 Å². The number of rotatable bonds is 5. The van der Waals surface area contributed by atoms with Crippen molar-refractivity contribution in [1.29, 1.82) is 0 Å². The molecule has 28 heavy (non-hydrogen) atoms. The van der Waals surface area contributed by atoms with Gasteiger partial charge < -0.3 is 9.84 Å². The van der Waals surface area contributed by atoms with Crippen molar-refractivity contribution in [2.45, 2.75) is 13.5 Å². The Bertz CT molecular complexity index is 1070. The monoisotopic (exact) mass is 369 g/mol. The molecule has 1 aromatic heterocycles. The molecule has 0 saturated heterocycles. The van der Waals surface area contributed by atoms with Crippen molar-refractivity contribution in [3.63, 3.8) is 0 Å². The molecule has 0 radical (unpaired) electrons. The van der Waals surface area contributed by atoms with Gasteiger partial charge in [0.2, 0.25) is 11.7 Å². The van der Waals surface area contributed by atoms with Crippen LogP contribution in [0.5, 0.6) is 0 Å². The van der Waals surface area contributed by atoms with Crippen molar-refractivity contribution in [1.82, 2.24) is 15.5 Å². The lowest BCUT2D eigenvalue weighted by Crippen LogP contribution is -2.22. The molecule has 0 fully saturated rings. The molecule has 4 aromatic rings. The highest BCUT2D eigenvalue weighted by molar-refractivity contribution is 5.94. The van der Waals surface area contributed by atoms with Gasteiger partial charge in [0.05, 0.1) is 6.54 Å². The van der Waals surface area contributed by atoms with Gasteiger partial charge in [-0.15, -0.1) is 0 Å². The van der Waals surface area contributed by atoms with Crippen LogP contribution in [0.3, 0.4) is 0 Å². The summed E-state index contributed by atoms with van der Waals surface area (Å²) in [5.41, 5.74) is 4.81. The van der Waals surface area contributed by atoms with Gasteiger partial charge in [-0.1, -0.05) is 77.5 Å². The minimum absolute atomic E-state index is 0.179. The molecule has 5 heteroatoms. The first-order valence-electron chi connectivity index (χ1n) is 9.02. The quantitative estimate of drug-likeness (QED) is 0.556. The highest BCUT2D eigenvalue weighted by Gasteiger charge is 2.11. The van der Waals surface area contributed by atoms with Crippen LogP contribution in [0.1, 0.15) is 21.8 Å². The molecule has 3 aromatic carbocycles. The van der Waals surface area contributed by atoms with Crippen LogP contribution in [0.4, 0.5) is 0 Å². The molecule has 0 atom stereocenters. The van der Waals surface area contributed by atoms with Gasteiger partial charge in [0.25, 0.3) is 5.91 Å². The lowest BCUT2D eigenvalue weighted by atomic mass is 10.0. The van der Waals surface area contributed by atoms with Crippen molar-refractivity contribution in [3.8, 4) is 22.5 Å². The van der Waals surface area contributed by atoms with Gasteiger partial charge in [-0.3, -0.25) is 4.79 Å². The molecule has 0 spiro atoms. The number of hydrogen-bond donors (Lipinski definition) is 1. The zero-order valence-electron chi connectivity index (χ0n) is 15.4. The number of carbonyl (C=O) groups is 1. The van der Waals surface area contributed by atoms with E-state index in [0.29, 0.717) is 17.3 Å². The van der Waals surface area contributed by atoms with Gasteiger partial charge in [0, 0.05) is 11.1 Å². The van der Waals surface area contributed by atoms with Crippen LogP contribution >= 0.6 is 0 Å². The molecule has 4 rings (SSSR count). The molecule has 1 N–H and O–H groups in total. The van der Waals surface area contributed by atoms with Crippen LogP contribution in [0.2, 0.25) is 0 Å². The molecule has 0 saturated carbocycles. The Hall–Kier alpha value is -3.73. The first-order chi connectivity index (χ1) is 13.7. The predicted octanol–water partition coefficient (Wildman–Crippen LogP) is 4.64. The van der Waals surface area contributed by atoms with E-state index in [9.17, 15) is 4.79 Å². The van der Waals surface area contributed by atoms with Crippen LogP contribution in [0, 0.1) is 6.92 Å². The summed E-state index contributed by atoms with van der Waals surface area (Å²) in [6.45, 7) is 2.20. The van der Waals surface area contributed by atoms with Crippen molar-refractivity contribution in [2.75, 3.05) is 0 Å². The van der Waals surface area contributed by atoms with E-state index in [4.69, 9.17) is 4.52 Å². The van der Waals surface area contributed by atoms with Crippen molar-refractivity contribution < 1.29 is 9.32 Å². The summed E-state index contributed by atoms with van der Waals surface area (Å²) in [6.07, 6.45) is 0. The lowest BCUT2D eigenvalue weighted by Gasteiger charge is -2.05. The van der Waals surface area contributed by atoms with Crippen molar-refractivity contribution in [3.05, 3.63) is 95.9 Å². The third-order valence-electron chi connectivity index (χ3n) is 4.43. The Morgan fingerprint density at radius 1 is 0.857 bits per heavy atom. The highest BCUT2D eigenvalue weighted by Crippen LogP contribution is 2.19. The maximum absolute atomic E-state index is 12.4. The molecule has 1 heterocycles. The van der Waals surface area contributed by atoms with E-state index < -0.39 is 0 Å². The summed E-state index contributed by atoms with van der Waals surface area (Å²) in [5, 5.41) is 6.79. The van der Waals surface area contributed by atoms with E-state index in [2.05, 4.69) is 15.5 Å². The van der Waals surface area contributed by atoms with Crippen molar-refractivity contribution >= 4 is 5.91 Å². The molecule has 0 bridgehead atoms. The Morgan fingerprint density at radius 2 is 1.50 bits per heavy atom. The predicted molar refractivity (Wildman–Crippen MR) is 108 cm³/mol.